The number of urea groups is 1. The molecule has 8 nitrogen and oxygen atoms in total. The molecule has 0 rings (SSSR count). The highest BCUT2D eigenvalue weighted by atomic mass is 16.7. The van der Waals surface area contributed by atoms with Crippen LogP contribution in [0.4, 0.5) is 4.79 Å². The van der Waals surface area contributed by atoms with Gasteiger partial charge in [0.25, 0.3) is 0 Å². The van der Waals surface area contributed by atoms with Crippen LogP contribution in [0.3, 0.4) is 0 Å². The minimum Gasteiger partial charge on any atom is -0.466 e. The first-order valence-electron chi connectivity index (χ1n) is 23.1. The molecule has 316 valence electrons. The van der Waals surface area contributed by atoms with Crippen LogP contribution in [0, 0.1) is 0 Å². The lowest BCUT2D eigenvalue weighted by molar-refractivity contribution is -0.148. The van der Waals surface area contributed by atoms with Crippen LogP contribution in [0.15, 0.2) is 0 Å². The zero-order valence-electron chi connectivity index (χ0n) is 35.9. The normalized spacial score (nSPS) is 11.5. The molecule has 0 aromatic heterocycles. The van der Waals surface area contributed by atoms with Crippen LogP contribution < -0.4 is 10.6 Å². The highest BCUT2D eigenvalue weighted by molar-refractivity contribution is 5.73. The number of nitrogens with zero attached hydrogens (tertiary/aromatic N) is 1. The molecular weight excluding hydrogens is 663 g/mol. The van der Waals surface area contributed by atoms with Gasteiger partial charge in [-0.25, -0.2) is 4.79 Å². The molecule has 0 bridgehead atoms. The Bertz CT molecular complexity index is 738. The Labute approximate surface area is 329 Å². The summed E-state index contributed by atoms with van der Waals surface area (Å²) in [6.07, 6.45) is 36.9. The average Bonchev–Trinajstić information content (AvgIpc) is 3.16. The topological polar surface area (TPSA) is 89.1 Å². The molecule has 0 aliphatic rings. The molecule has 0 aromatic carbocycles. The minimum atomic E-state index is -0.108. The zero-order chi connectivity index (χ0) is 38.7. The molecule has 0 radical (unpaired) electrons. The highest BCUT2D eigenvalue weighted by Crippen LogP contribution is 2.15. The van der Waals surface area contributed by atoms with Gasteiger partial charge in [0.2, 0.25) is 0 Å². The summed E-state index contributed by atoms with van der Waals surface area (Å²) in [5, 5.41) is 5.57. The van der Waals surface area contributed by atoms with Crippen molar-refractivity contribution in [2.24, 2.45) is 0 Å². The number of rotatable bonds is 43. The second-order valence-electron chi connectivity index (χ2n) is 15.5. The summed E-state index contributed by atoms with van der Waals surface area (Å²) in [5.41, 5.74) is 0. The van der Waals surface area contributed by atoms with E-state index in [1.54, 1.807) is 7.05 Å². The number of hydrogen-bond donors (Lipinski definition) is 2. The quantitative estimate of drug-likeness (QED) is 0.0366. The SMILES string of the molecule is CCCCCCCCCOC(=O)CCCCCCCN(CCCCCCC(OCCCCCCCC)OCCCCCCCC)CCCNC(=O)NC. The standard InChI is InChI=1S/C45H91N3O5/c1-5-8-11-14-17-25-30-40-51-43(49)34-26-19-18-21-28-37-48(39-33-36-47-45(50)46-4)38-29-22-20-27-35-44(52-41-31-23-15-12-9-6-2)53-42-32-24-16-13-10-7-3/h44H,5-42H2,1-4H3,(H2,46,47,50). The number of unbranched alkanes of at least 4 members (excludes halogenated alkanes) is 23. The summed E-state index contributed by atoms with van der Waals surface area (Å²) < 4.78 is 18.0. The van der Waals surface area contributed by atoms with Crippen LogP contribution in [0.1, 0.15) is 220 Å². The fraction of sp³-hybridized carbons (Fsp3) is 0.956. The van der Waals surface area contributed by atoms with Gasteiger partial charge in [-0.15, -0.1) is 0 Å². The Hall–Kier alpha value is -1.38. The van der Waals surface area contributed by atoms with Crippen LogP contribution in [-0.2, 0) is 19.0 Å². The first kappa shape index (κ1) is 51.6. The van der Waals surface area contributed by atoms with Gasteiger partial charge >= 0.3 is 12.0 Å². The van der Waals surface area contributed by atoms with E-state index in [-0.39, 0.29) is 18.3 Å². The number of ether oxygens (including phenoxy) is 3. The lowest BCUT2D eigenvalue weighted by Crippen LogP contribution is -2.35. The third kappa shape index (κ3) is 40.1. The Morgan fingerprint density at radius 3 is 1.42 bits per heavy atom. The van der Waals surface area contributed by atoms with Gasteiger partial charge in [-0.1, -0.05) is 156 Å². The van der Waals surface area contributed by atoms with E-state index in [0.717, 1.165) is 84.2 Å². The maximum absolute atomic E-state index is 12.1. The van der Waals surface area contributed by atoms with Crippen molar-refractivity contribution >= 4 is 12.0 Å². The van der Waals surface area contributed by atoms with Crippen LogP contribution in [0.2, 0.25) is 0 Å². The van der Waals surface area contributed by atoms with Crippen LogP contribution in [0.5, 0.6) is 0 Å². The third-order valence-corrected chi connectivity index (χ3v) is 10.3. The Kier molecular flexibility index (Phi) is 42.2. The summed E-state index contributed by atoms with van der Waals surface area (Å²) in [7, 11) is 1.66. The lowest BCUT2D eigenvalue weighted by atomic mass is 10.1. The highest BCUT2D eigenvalue weighted by Gasteiger charge is 2.11. The van der Waals surface area contributed by atoms with E-state index < -0.39 is 0 Å². The maximum atomic E-state index is 12.1. The van der Waals surface area contributed by atoms with Crippen molar-refractivity contribution in [1.29, 1.82) is 0 Å². The summed E-state index contributed by atoms with van der Waals surface area (Å²) in [4.78, 5) is 26.3. The molecule has 8 heteroatoms. The molecule has 0 fully saturated rings. The molecule has 0 atom stereocenters. The Morgan fingerprint density at radius 1 is 0.491 bits per heavy atom. The first-order valence-corrected chi connectivity index (χ1v) is 23.1. The second-order valence-corrected chi connectivity index (χ2v) is 15.5. The van der Waals surface area contributed by atoms with Crippen molar-refractivity contribution in [2.45, 2.75) is 226 Å². The molecule has 0 aromatic rings. The van der Waals surface area contributed by atoms with Crippen molar-refractivity contribution in [1.82, 2.24) is 15.5 Å². The number of hydrogen-bond acceptors (Lipinski definition) is 6. The molecular formula is C45H91N3O5. The molecule has 0 spiro atoms. The summed E-state index contributed by atoms with van der Waals surface area (Å²) in [6, 6.07) is -0.108. The number of carbonyl (C=O) groups excluding carboxylic acids is 2. The first-order chi connectivity index (χ1) is 26.1. The van der Waals surface area contributed by atoms with E-state index in [2.05, 4.69) is 36.3 Å². The average molecular weight is 754 g/mol. The Balaban J connectivity index is 4.34. The van der Waals surface area contributed by atoms with Crippen molar-refractivity contribution in [3.8, 4) is 0 Å². The molecule has 0 saturated heterocycles. The second kappa shape index (κ2) is 43.3. The predicted molar refractivity (Wildman–Crippen MR) is 226 cm³/mol. The third-order valence-electron chi connectivity index (χ3n) is 10.3. The fourth-order valence-corrected chi connectivity index (χ4v) is 6.79. The molecule has 0 saturated carbocycles. The smallest absolute Gasteiger partial charge is 0.314 e. The van der Waals surface area contributed by atoms with E-state index in [1.807, 2.05) is 0 Å². The van der Waals surface area contributed by atoms with Crippen molar-refractivity contribution in [3.05, 3.63) is 0 Å². The van der Waals surface area contributed by atoms with Gasteiger partial charge in [0, 0.05) is 33.2 Å². The lowest BCUT2D eigenvalue weighted by Gasteiger charge is -2.23. The Morgan fingerprint density at radius 2 is 0.906 bits per heavy atom. The summed E-state index contributed by atoms with van der Waals surface area (Å²) in [6.45, 7) is 12.9. The fourth-order valence-electron chi connectivity index (χ4n) is 6.79. The molecule has 0 aliphatic heterocycles. The number of carbonyl (C=O) groups is 2. The summed E-state index contributed by atoms with van der Waals surface area (Å²) in [5.74, 6) is -0.0237. The van der Waals surface area contributed by atoms with Crippen molar-refractivity contribution in [2.75, 3.05) is 53.0 Å². The largest absolute Gasteiger partial charge is 0.466 e. The number of esters is 1. The van der Waals surface area contributed by atoms with Gasteiger partial charge in [0.15, 0.2) is 6.29 Å². The van der Waals surface area contributed by atoms with Gasteiger partial charge in [0.05, 0.1) is 6.61 Å². The van der Waals surface area contributed by atoms with Crippen LogP contribution >= 0.6 is 0 Å². The van der Waals surface area contributed by atoms with Crippen molar-refractivity contribution in [3.63, 3.8) is 0 Å². The minimum absolute atomic E-state index is 0.0237. The van der Waals surface area contributed by atoms with E-state index in [0.29, 0.717) is 19.6 Å². The van der Waals surface area contributed by atoms with Crippen LogP contribution in [-0.4, -0.2) is 76.2 Å². The molecule has 2 N–H and O–H groups in total. The molecule has 0 heterocycles. The molecule has 0 unspecified atom stereocenters. The predicted octanol–water partition coefficient (Wildman–Crippen LogP) is 12.3. The number of amides is 2. The van der Waals surface area contributed by atoms with E-state index in [9.17, 15) is 9.59 Å². The van der Waals surface area contributed by atoms with Crippen LogP contribution in [0.25, 0.3) is 0 Å². The van der Waals surface area contributed by atoms with Gasteiger partial charge in [0.1, 0.15) is 0 Å². The van der Waals surface area contributed by atoms with Gasteiger partial charge in [-0.2, -0.15) is 0 Å². The van der Waals surface area contributed by atoms with E-state index in [4.69, 9.17) is 14.2 Å². The van der Waals surface area contributed by atoms with Gasteiger partial charge in [-0.3, -0.25) is 4.79 Å². The van der Waals surface area contributed by atoms with E-state index >= 15 is 0 Å². The van der Waals surface area contributed by atoms with E-state index in [1.165, 1.54) is 141 Å². The summed E-state index contributed by atoms with van der Waals surface area (Å²) >= 11 is 0. The van der Waals surface area contributed by atoms with Crippen molar-refractivity contribution < 1.29 is 23.8 Å². The molecule has 2 amide bonds. The van der Waals surface area contributed by atoms with Gasteiger partial charge in [-0.05, 0) is 77.4 Å². The molecule has 53 heavy (non-hydrogen) atoms. The van der Waals surface area contributed by atoms with Gasteiger partial charge < -0.3 is 29.7 Å². The maximum Gasteiger partial charge on any atom is 0.314 e. The molecule has 0 aliphatic carbocycles. The monoisotopic (exact) mass is 754 g/mol. The zero-order valence-corrected chi connectivity index (χ0v) is 35.9. The number of nitrogens with one attached hydrogen (secondary N) is 2.